The van der Waals surface area contributed by atoms with Crippen LogP contribution in [0.15, 0.2) is 0 Å². The highest BCUT2D eigenvalue weighted by molar-refractivity contribution is 6.02. The molecule has 0 aromatic carbocycles. The van der Waals surface area contributed by atoms with E-state index in [1.165, 1.54) is 21.0 Å². The molecule has 0 spiro atoms. The maximum Gasteiger partial charge on any atom is 0.335 e. The average molecular weight is 244 g/mol. The number of esters is 1. The van der Waals surface area contributed by atoms with E-state index in [2.05, 4.69) is 0 Å². The molecule has 98 valence electrons. The number of hydrogen-bond acceptors (Lipinski definition) is 5. The van der Waals surface area contributed by atoms with E-state index in [1.54, 1.807) is 13.8 Å². The van der Waals surface area contributed by atoms with Crippen molar-refractivity contribution in [1.29, 1.82) is 0 Å². The van der Waals surface area contributed by atoms with E-state index in [0.29, 0.717) is 0 Å². The molecule has 0 aromatic rings. The van der Waals surface area contributed by atoms with E-state index >= 15 is 0 Å². The van der Waals surface area contributed by atoms with Crippen LogP contribution in [0.2, 0.25) is 0 Å². The summed E-state index contributed by atoms with van der Waals surface area (Å²) in [6.45, 7) is 6.42. The van der Waals surface area contributed by atoms with Gasteiger partial charge in [-0.25, -0.2) is 4.79 Å². The molecule has 5 heteroatoms. The zero-order valence-corrected chi connectivity index (χ0v) is 11.0. The minimum atomic E-state index is -0.914. The van der Waals surface area contributed by atoms with E-state index in [-0.39, 0.29) is 23.9 Å². The van der Waals surface area contributed by atoms with Gasteiger partial charge in [0.1, 0.15) is 5.78 Å². The topological polar surface area (TPSA) is 69.7 Å². The van der Waals surface area contributed by atoms with Crippen molar-refractivity contribution < 1.29 is 23.9 Å². The number of rotatable bonds is 7. The molecule has 0 saturated heterocycles. The van der Waals surface area contributed by atoms with E-state index in [0.717, 1.165) is 0 Å². The number of carbonyl (C=O) groups excluding carboxylic acids is 3. The Balaban J connectivity index is 4.23. The minimum Gasteiger partial charge on any atom is -0.453 e. The van der Waals surface area contributed by atoms with Crippen LogP contribution in [0, 0.1) is 5.92 Å². The van der Waals surface area contributed by atoms with Crippen LogP contribution in [0.25, 0.3) is 0 Å². The molecule has 0 bridgehead atoms. The zero-order chi connectivity index (χ0) is 13.6. The Morgan fingerprint density at radius 1 is 0.941 bits per heavy atom. The minimum absolute atomic E-state index is 0.155. The summed E-state index contributed by atoms with van der Waals surface area (Å²) in [5, 5.41) is 0. The average Bonchev–Trinajstić information content (AvgIpc) is 2.27. The first kappa shape index (κ1) is 15.8. The third-order valence-corrected chi connectivity index (χ3v) is 2.42. The number of Topliss-reactive ketones (excluding diaryl/α,β-unsaturated/α-hetero) is 2. The number of carbonyl (C=O) groups is 3. The number of hydrogen-bond donors (Lipinski definition) is 0. The fourth-order valence-electron chi connectivity index (χ4n) is 0.952. The predicted molar refractivity (Wildman–Crippen MR) is 61.5 cm³/mol. The van der Waals surface area contributed by atoms with Crippen LogP contribution in [0.3, 0.4) is 0 Å². The molecule has 0 aliphatic carbocycles. The first-order chi connectivity index (χ1) is 7.79. The molecule has 0 amide bonds. The Bertz CT molecular complexity index is 295. The molecule has 0 fully saturated rings. The van der Waals surface area contributed by atoms with E-state index in [1.807, 2.05) is 0 Å². The molecule has 2 atom stereocenters. The van der Waals surface area contributed by atoms with Crippen molar-refractivity contribution in [2.75, 3.05) is 7.11 Å². The number of ketones is 2. The van der Waals surface area contributed by atoms with Crippen LogP contribution in [0.4, 0.5) is 0 Å². The second-order valence-electron chi connectivity index (χ2n) is 4.22. The first-order valence-electron chi connectivity index (χ1n) is 5.58. The highest BCUT2D eigenvalue weighted by atomic mass is 16.6. The van der Waals surface area contributed by atoms with Crippen molar-refractivity contribution in [3.05, 3.63) is 0 Å². The highest BCUT2D eigenvalue weighted by Gasteiger charge is 2.23. The van der Waals surface area contributed by atoms with Gasteiger partial charge in [0.15, 0.2) is 18.0 Å². The normalized spacial score (nSPS) is 14.2. The van der Waals surface area contributed by atoms with Gasteiger partial charge in [0.25, 0.3) is 0 Å². The lowest BCUT2D eigenvalue weighted by Gasteiger charge is -2.15. The third kappa shape index (κ3) is 5.58. The van der Waals surface area contributed by atoms with E-state index < -0.39 is 18.2 Å². The van der Waals surface area contributed by atoms with Crippen LogP contribution in [-0.4, -0.2) is 36.9 Å². The molecule has 17 heavy (non-hydrogen) atoms. The van der Waals surface area contributed by atoms with E-state index in [4.69, 9.17) is 9.47 Å². The van der Waals surface area contributed by atoms with Crippen LogP contribution >= 0.6 is 0 Å². The highest BCUT2D eigenvalue weighted by Crippen LogP contribution is 2.05. The van der Waals surface area contributed by atoms with Crippen LogP contribution in [-0.2, 0) is 23.9 Å². The standard InChI is InChI=1S/C12H20O5/c1-7(2)10(13)6-11(14)8(3)17-12(15)9(4)16-5/h7-9H,6H2,1-5H3. The molecule has 0 rings (SSSR count). The summed E-state index contributed by atoms with van der Waals surface area (Å²) in [6.07, 6.45) is -1.83. The maximum absolute atomic E-state index is 11.6. The maximum atomic E-state index is 11.6. The molecule has 0 radical (unpaired) electrons. The molecular weight excluding hydrogens is 224 g/mol. The van der Waals surface area contributed by atoms with Gasteiger partial charge in [-0.05, 0) is 13.8 Å². The van der Waals surface area contributed by atoms with Gasteiger partial charge in [0, 0.05) is 13.0 Å². The summed E-state index contributed by atoms with van der Waals surface area (Å²) in [5.74, 6) is -1.34. The summed E-state index contributed by atoms with van der Waals surface area (Å²) in [7, 11) is 1.38. The molecule has 0 aliphatic rings. The van der Waals surface area contributed by atoms with Crippen LogP contribution < -0.4 is 0 Å². The lowest BCUT2D eigenvalue weighted by molar-refractivity contribution is -0.163. The van der Waals surface area contributed by atoms with Gasteiger partial charge in [0.2, 0.25) is 0 Å². The molecule has 0 heterocycles. The fraction of sp³-hybridized carbons (Fsp3) is 0.750. The summed E-state index contributed by atoms with van der Waals surface area (Å²) >= 11 is 0. The van der Waals surface area contributed by atoms with Crippen LogP contribution in [0.1, 0.15) is 34.1 Å². The first-order valence-corrected chi connectivity index (χ1v) is 5.58. The lowest BCUT2D eigenvalue weighted by Crippen LogP contribution is -2.31. The molecule has 0 aromatic heterocycles. The predicted octanol–water partition coefficient (Wildman–Crippen LogP) is 1.14. The Kier molecular flexibility index (Phi) is 6.65. The summed E-state index contributed by atoms with van der Waals surface area (Å²) < 4.78 is 9.64. The number of ether oxygens (including phenoxy) is 2. The van der Waals surface area contributed by atoms with Crippen molar-refractivity contribution in [3.8, 4) is 0 Å². The third-order valence-electron chi connectivity index (χ3n) is 2.42. The smallest absolute Gasteiger partial charge is 0.335 e. The van der Waals surface area contributed by atoms with Gasteiger partial charge in [-0.2, -0.15) is 0 Å². The SMILES string of the molecule is COC(C)C(=O)OC(C)C(=O)CC(=O)C(C)C. The van der Waals surface area contributed by atoms with Crippen molar-refractivity contribution in [2.24, 2.45) is 5.92 Å². The molecular formula is C12H20O5. The molecule has 2 unspecified atom stereocenters. The Labute approximate surface area is 101 Å². The quantitative estimate of drug-likeness (QED) is 0.496. The van der Waals surface area contributed by atoms with Crippen molar-refractivity contribution in [3.63, 3.8) is 0 Å². The summed E-state index contributed by atoms with van der Waals surface area (Å²) in [5.41, 5.74) is 0. The molecule has 0 saturated carbocycles. The zero-order valence-electron chi connectivity index (χ0n) is 11.0. The molecule has 0 N–H and O–H groups in total. The van der Waals surface area contributed by atoms with Gasteiger partial charge in [-0.1, -0.05) is 13.8 Å². The van der Waals surface area contributed by atoms with Gasteiger partial charge in [-0.3, -0.25) is 9.59 Å². The number of methoxy groups -OCH3 is 1. The fourth-order valence-corrected chi connectivity index (χ4v) is 0.952. The summed E-state index contributed by atoms with van der Waals surface area (Å²) in [4.78, 5) is 34.2. The van der Waals surface area contributed by atoms with Gasteiger partial charge in [-0.15, -0.1) is 0 Å². The molecule has 5 nitrogen and oxygen atoms in total. The van der Waals surface area contributed by atoms with Crippen molar-refractivity contribution in [1.82, 2.24) is 0 Å². The second-order valence-corrected chi connectivity index (χ2v) is 4.22. The molecule has 0 aliphatic heterocycles. The lowest BCUT2D eigenvalue weighted by atomic mass is 10.0. The largest absolute Gasteiger partial charge is 0.453 e. The van der Waals surface area contributed by atoms with Crippen molar-refractivity contribution in [2.45, 2.75) is 46.3 Å². The van der Waals surface area contributed by atoms with Gasteiger partial charge < -0.3 is 9.47 Å². The van der Waals surface area contributed by atoms with Gasteiger partial charge >= 0.3 is 5.97 Å². The Morgan fingerprint density at radius 2 is 1.47 bits per heavy atom. The summed E-state index contributed by atoms with van der Waals surface area (Å²) in [6, 6.07) is 0. The Morgan fingerprint density at radius 3 is 1.88 bits per heavy atom. The van der Waals surface area contributed by atoms with Crippen molar-refractivity contribution >= 4 is 17.5 Å². The van der Waals surface area contributed by atoms with Gasteiger partial charge in [0.05, 0.1) is 6.42 Å². The monoisotopic (exact) mass is 244 g/mol. The Hall–Kier alpha value is -1.23. The second kappa shape index (κ2) is 7.17. The van der Waals surface area contributed by atoms with Crippen LogP contribution in [0.5, 0.6) is 0 Å². The van der Waals surface area contributed by atoms with E-state index in [9.17, 15) is 14.4 Å².